The number of hydrogen-bond acceptors (Lipinski definition) is 3. The highest BCUT2D eigenvalue weighted by molar-refractivity contribution is 4.77. The predicted molar refractivity (Wildman–Crippen MR) is 51.4 cm³/mol. The molecule has 2 N–H and O–H groups in total. The SMILES string of the molecule is CCNC(CCO)Cn1ccnc1. The van der Waals surface area contributed by atoms with Crippen LogP contribution in [0, 0.1) is 0 Å². The van der Waals surface area contributed by atoms with Gasteiger partial charge in [-0.2, -0.15) is 0 Å². The Morgan fingerprint density at radius 2 is 2.46 bits per heavy atom. The molecular weight excluding hydrogens is 166 g/mol. The summed E-state index contributed by atoms with van der Waals surface area (Å²) in [7, 11) is 0. The number of rotatable bonds is 6. The lowest BCUT2D eigenvalue weighted by Gasteiger charge is -2.16. The van der Waals surface area contributed by atoms with Gasteiger partial charge in [0.1, 0.15) is 0 Å². The van der Waals surface area contributed by atoms with Crippen molar-refractivity contribution in [1.82, 2.24) is 14.9 Å². The molecule has 0 aliphatic rings. The molecule has 0 fully saturated rings. The molecule has 4 heteroatoms. The van der Waals surface area contributed by atoms with E-state index < -0.39 is 0 Å². The Morgan fingerprint density at radius 1 is 1.62 bits per heavy atom. The first kappa shape index (κ1) is 10.2. The van der Waals surface area contributed by atoms with Crippen molar-refractivity contribution in [3.8, 4) is 0 Å². The standard InChI is InChI=1S/C9H17N3O/c1-2-11-9(3-6-13)7-12-5-4-10-8-12/h4-5,8-9,11,13H,2-3,6-7H2,1H3. The molecule has 1 aromatic rings. The fraction of sp³-hybridized carbons (Fsp3) is 0.667. The maximum absolute atomic E-state index is 8.83. The van der Waals surface area contributed by atoms with Gasteiger partial charge in [-0.3, -0.25) is 0 Å². The number of likely N-dealkylation sites (N-methyl/N-ethyl adjacent to an activating group) is 1. The molecule has 0 saturated heterocycles. The Kier molecular flexibility index (Phi) is 4.49. The predicted octanol–water partition coefficient (Wildman–Crippen LogP) is 0.244. The van der Waals surface area contributed by atoms with E-state index in [1.165, 1.54) is 0 Å². The molecule has 74 valence electrons. The van der Waals surface area contributed by atoms with Gasteiger partial charge < -0.3 is 15.0 Å². The van der Waals surface area contributed by atoms with E-state index in [1.54, 1.807) is 12.5 Å². The number of nitrogens with zero attached hydrogens (tertiary/aromatic N) is 2. The lowest BCUT2D eigenvalue weighted by Crippen LogP contribution is -2.33. The summed E-state index contributed by atoms with van der Waals surface area (Å²) in [6, 6.07) is 0.337. The number of imidazole rings is 1. The number of aromatic nitrogens is 2. The first-order chi connectivity index (χ1) is 6.36. The highest BCUT2D eigenvalue weighted by atomic mass is 16.3. The molecule has 0 saturated carbocycles. The lowest BCUT2D eigenvalue weighted by atomic mass is 10.2. The third kappa shape index (κ3) is 3.57. The van der Waals surface area contributed by atoms with E-state index in [4.69, 9.17) is 5.11 Å². The molecule has 0 aromatic carbocycles. The Morgan fingerprint density at radius 3 is 3.00 bits per heavy atom. The summed E-state index contributed by atoms with van der Waals surface area (Å²) in [5, 5.41) is 12.1. The van der Waals surface area contributed by atoms with E-state index in [0.29, 0.717) is 6.04 Å². The molecule has 1 atom stereocenters. The van der Waals surface area contributed by atoms with Crippen LogP contribution < -0.4 is 5.32 Å². The summed E-state index contributed by atoms with van der Waals surface area (Å²) in [5.74, 6) is 0. The zero-order chi connectivity index (χ0) is 9.52. The molecule has 1 heterocycles. The molecule has 0 aliphatic heterocycles. The van der Waals surface area contributed by atoms with Crippen molar-refractivity contribution in [2.75, 3.05) is 13.2 Å². The highest BCUT2D eigenvalue weighted by Gasteiger charge is 2.06. The van der Waals surface area contributed by atoms with Crippen molar-refractivity contribution >= 4 is 0 Å². The van der Waals surface area contributed by atoms with Gasteiger partial charge in [0.15, 0.2) is 0 Å². The van der Waals surface area contributed by atoms with Crippen LogP contribution in [0.25, 0.3) is 0 Å². The van der Waals surface area contributed by atoms with Crippen LogP contribution in [0.15, 0.2) is 18.7 Å². The fourth-order valence-corrected chi connectivity index (χ4v) is 1.35. The summed E-state index contributed by atoms with van der Waals surface area (Å²) in [5.41, 5.74) is 0. The third-order valence-electron chi connectivity index (χ3n) is 1.96. The first-order valence-electron chi connectivity index (χ1n) is 4.66. The van der Waals surface area contributed by atoms with Crippen molar-refractivity contribution in [3.63, 3.8) is 0 Å². The molecular formula is C9H17N3O. The summed E-state index contributed by atoms with van der Waals surface area (Å²) in [4.78, 5) is 3.97. The molecule has 13 heavy (non-hydrogen) atoms. The van der Waals surface area contributed by atoms with E-state index in [9.17, 15) is 0 Å². The van der Waals surface area contributed by atoms with Crippen LogP contribution in [-0.2, 0) is 6.54 Å². The Bertz CT molecular complexity index is 205. The van der Waals surface area contributed by atoms with Crippen molar-refractivity contribution in [2.45, 2.75) is 25.9 Å². The molecule has 1 aromatic heterocycles. The second-order valence-electron chi connectivity index (χ2n) is 3.03. The zero-order valence-electron chi connectivity index (χ0n) is 7.98. The zero-order valence-corrected chi connectivity index (χ0v) is 7.98. The summed E-state index contributed by atoms with van der Waals surface area (Å²) in [6.07, 6.45) is 6.28. The quantitative estimate of drug-likeness (QED) is 0.664. The number of hydrogen-bond donors (Lipinski definition) is 2. The molecule has 4 nitrogen and oxygen atoms in total. The van der Waals surface area contributed by atoms with Crippen LogP contribution >= 0.6 is 0 Å². The Labute approximate surface area is 78.6 Å². The molecule has 1 rings (SSSR count). The number of aliphatic hydroxyl groups excluding tert-OH is 1. The summed E-state index contributed by atoms with van der Waals surface area (Å²) in [6.45, 7) is 4.10. The van der Waals surface area contributed by atoms with Gasteiger partial charge in [-0.05, 0) is 13.0 Å². The minimum absolute atomic E-state index is 0.229. The molecule has 0 aliphatic carbocycles. The third-order valence-corrected chi connectivity index (χ3v) is 1.96. The molecule has 0 spiro atoms. The van der Waals surface area contributed by atoms with Crippen molar-refractivity contribution in [3.05, 3.63) is 18.7 Å². The van der Waals surface area contributed by atoms with Crippen LogP contribution in [0.5, 0.6) is 0 Å². The summed E-state index contributed by atoms with van der Waals surface area (Å²) >= 11 is 0. The van der Waals surface area contributed by atoms with E-state index in [1.807, 2.05) is 10.8 Å². The van der Waals surface area contributed by atoms with Gasteiger partial charge in [-0.15, -0.1) is 0 Å². The Balaban J connectivity index is 2.37. The average molecular weight is 183 g/mol. The minimum Gasteiger partial charge on any atom is -0.396 e. The summed E-state index contributed by atoms with van der Waals surface area (Å²) < 4.78 is 2.02. The largest absolute Gasteiger partial charge is 0.396 e. The van der Waals surface area contributed by atoms with Gasteiger partial charge in [-0.1, -0.05) is 6.92 Å². The average Bonchev–Trinajstić information content (AvgIpc) is 2.58. The maximum atomic E-state index is 8.83. The van der Waals surface area contributed by atoms with E-state index >= 15 is 0 Å². The second-order valence-corrected chi connectivity index (χ2v) is 3.03. The monoisotopic (exact) mass is 183 g/mol. The van der Waals surface area contributed by atoms with E-state index in [-0.39, 0.29) is 6.61 Å². The molecule has 0 radical (unpaired) electrons. The van der Waals surface area contributed by atoms with Crippen LogP contribution in [0.1, 0.15) is 13.3 Å². The lowest BCUT2D eigenvalue weighted by molar-refractivity contribution is 0.257. The van der Waals surface area contributed by atoms with Crippen LogP contribution in [-0.4, -0.2) is 33.9 Å². The second kappa shape index (κ2) is 5.72. The van der Waals surface area contributed by atoms with Gasteiger partial charge in [-0.25, -0.2) is 4.98 Å². The molecule has 0 bridgehead atoms. The Hall–Kier alpha value is -0.870. The molecule has 1 unspecified atom stereocenters. The van der Waals surface area contributed by atoms with Crippen molar-refractivity contribution in [2.24, 2.45) is 0 Å². The van der Waals surface area contributed by atoms with E-state index in [2.05, 4.69) is 17.2 Å². The van der Waals surface area contributed by atoms with Crippen LogP contribution in [0.3, 0.4) is 0 Å². The normalized spacial score (nSPS) is 13.1. The fourth-order valence-electron chi connectivity index (χ4n) is 1.35. The van der Waals surface area contributed by atoms with Gasteiger partial charge in [0, 0.05) is 31.6 Å². The van der Waals surface area contributed by atoms with Crippen LogP contribution in [0.4, 0.5) is 0 Å². The highest BCUT2D eigenvalue weighted by Crippen LogP contribution is 1.96. The number of nitrogens with one attached hydrogen (secondary N) is 1. The van der Waals surface area contributed by atoms with Gasteiger partial charge >= 0.3 is 0 Å². The first-order valence-corrected chi connectivity index (χ1v) is 4.66. The van der Waals surface area contributed by atoms with Gasteiger partial charge in [0.05, 0.1) is 6.33 Å². The maximum Gasteiger partial charge on any atom is 0.0946 e. The topological polar surface area (TPSA) is 50.1 Å². The van der Waals surface area contributed by atoms with Crippen molar-refractivity contribution < 1.29 is 5.11 Å². The molecule has 0 amide bonds. The number of aliphatic hydroxyl groups is 1. The van der Waals surface area contributed by atoms with Crippen molar-refractivity contribution in [1.29, 1.82) is 0 Å². The van der Waals surface area contributed by atoms with E-state index in [0.717, 1.165) is 19.5 Å². The smallest absolute Gasteiger partial charge is 0.0946 e. The minimum atomic E-state index is 0.229. The van der Waals surface area contributed by atoms with Gasteiger partial charge in [0.2, 0.25) is 0 Å². The van der Waals surface area contributed by atoms with Crippen LogP contribution in [0.2, 0.25) is 0 Å². The van der Waals surface area contributed by atoms with Gasteiger partial charge in [0.25, 0.3) is 0 Å².